The first-order valence-corrected chi connectivity index (χ1v) is 14.3. The smallest absolute Gasteiger partial charge is 0.258 e. The number of halogens is 1. The van der Waals surface area contributed by atoms with Crippen LogP contribution in [0.2, 0.25) is 0 Å². The summed E-state index contributed by atoms with van der Waals surface area (Å²) in [5.74, 6) is -0.354. The predicted molar refractivity (Wildman–Crippen MR) is 161 cm³/mol. The number of pyridine rings is 2. The van der Waals surface area contributed by atoms with Crippen molar-refractivity contribution in [2.45, 2.75) is 25.1 Å². The normalized spacial score (nSPS) is 18.3. The van der Waals surface area contributed by atoms with E-state index in [4.69, 9.17) is 14.2 Å². The zero-order valence-corrected chi connectivity index (χ0v) is 24.3. The zero-order chi connectivity index (χ0) is 31.3. The van der Waals surface area contributed by atoms with Crippen LogP contribution < -0.4 is 29.7 Å². The number of aromatic nitrogens is 2. The van der Waals surface area contributed by atoms with E-state index in [0.717, 1.165) is 5.56 Å². The van der Waals surface area contributed by atoms with E-state index >= 15 is 0 Å². The molecule has 2 aliphatic heterocycles. The molecule has 4 aromatic rings. The highest BCUT2D eigenvalue weighted by Crippen LogP contribution is 2.31. The molecule has 1 saturated heterocycles. The fourth-order valence-electron chi connectivity index (χ4n) is 5.49. The molecule has 2 aromatic heterocycles. The lowest BCUT2D eigenvalue weighted by molar-refractivity contribution is -0.123. The summed E-state index contributed by atoms with van der Waals surface area (Å²) >= 11 is 0. The summed E-state index contributed by atoms with van der Waals surface area (Å²) < 4.78 is 32.0. The molecule has 2 amide bonds. The number of methoxy groups -OCH3 is 1. The second-order valence-electron chi connectivity index (χ2n) is 10.6. The standard InChI is InChI=1S/C33H29FN6O5/c1-43-33-27(14-35)29(5-7-37-33)40-8-6-30-28(18-40)39-32(42)23-11-22(16-36-17-23)21-3-2-4-25(12-21)44-19-31(41)38-15-20-9-24(34)13-26(10-20)45-30/h2-5,7,9-13,16-17,28,30H,6,8,15,18-19H2,1H3,(H,38,41)(H,39,42)/t28-,30+/m1/s1. The van der Waals surface area contributed by atoms with E-state index in [1.165, 1.54) is 25.4 Å². The van der Waals surface area contributed by atoms with Crippen LogP contribution in [-0.4, -0.2) is 60.7 Å². The summed E-state index contributed by atoms with van der Waals surface area (Å²) in [6, 6.07) is 16.4. The highest BCUT2D eigenvalue weighted by atomic mass is 19.1. The van der Waals surface area contributed by atoms with Crippen molar-refractivity contribution in [2.24, 2.45) is 0 Å². The number of nitriles is 1. The van der Waals surface area contributed by atoms with Crippen LogP contribution in [0.3, 0.4) is 0 Å². The van der Waals surface area contributed by atoms with Crippen LogP contribution in [0.4, 0.5) is 10.1 Å². The van der Waals surface area contributed by atoms with Gasteiger partial charge in [0.25, 0.3) is 11.8 Å². The Hall–Kier alpha value is -5.70. The van der Waals surface area contributed by atoms with Gasteiger partial charge in [-0.05, 0) is 47.5 Å². The number of anilines is 1. The van der Waals surface area contributed by atoms with Crippen LogP contribution in [0.25, 0.3) is 11.1 Å². The molecule has 0 unspecified atom stereocenters. The van der Waals surface area contributed by atoms with Crippen molar-refractivity contribution >= 4 is 17.5 Å². The fourth-order valence-corrected chi connectivity index (χ4v) is 5.49. The molecule has 0 radical (unpaired) electrons. The van der Waals surface area contributed by atoms with Gasteiger partial charge in [-0.3, -0.25) is 14.6 Å². The van der Waals surface area contributed by atoms with Crippen molar-refractivity contribution in [1.29, 1.82) is 5.26 Å². The van der Waals surface area contributed by atoms with Gasteiger partial charge in [0, 0.05) is 56.3 Å². The van der Waals surface area contributed by atoms with E-state index in [0.29, 0.717) is 41.1 Å². The molecule has 2 aromatic carbocycles. The third-order valence-electron chi connectivity index (χ3n) is 7.65. The van der Waals surface area contributed by atoms with Crippen LogP contribution in [-0.2, 0) is 11.3 Å². The van der Waals surface area contributed by atoms with E-state index in [2.05, 4.69) is 26.7 Å². The summed E-state index contributed by atoms with van der Waals surface area (Å²) in [5.41, 5.74) is 3.15. The maximum atomic E-state index is 14.7. The molecule has 228 valence electrons. The maximum Gasteiger partial charge on any atom is 0.258 e. The molecule has 2 N–H and O–H groups in total. The number of hydrogen-bond acceptors (Lipinski definition) is 9. The molecule has 0 spiro atoms. The summed E-state index contributed by atoms with van der Waals surface area (Å²) in [4.78, 5) is 36.6. The lowest BCUT2D eigenvalue weighted by Gasteiger charge is -2.40. The minimum absolute atomic E-state index is 0.0628. The minimum atomic E-state index is -0.578. The molecule has 0 saturated carbocycles. The van der Waals surface area contributed by atoms with E-state index in [9.17, 15) is 19.2 Å². The second-order valence-corrected chi connectivity index (χ2v) is 10.6. The highest BCUT2D eigenvalue weighted by Gasteiger charge is 2.34. The van der Waals surface area contributed by atoms with Crippen LogP contribution in [0.15, 0.2) is 73.2 Å². The Kier molecular flexibility index (Phi) is 8.41. The van der Waals surface area contributed by atoms with Gasteiger partial charge in [0.15, 0.2) is 6.61 Å². The largest absolute Gasteiger partial charge is 0.488 e. The Labute approximate surface area is 258 Å². The number of nitrogens with one attached hydrogen (secondary N) is 2. The topological polar surface area (TPSA) is 139 Å². The number of benzene rings is 2. The molecular weight excluding hydrogens is 579 g/mol. The van der Waals surface area contributed by atoms with Crippen LogP contribution in [0.1, 0.15) is 27.9 Å². The minimum Gasteiger partial charge on any atom is -0.488 e. The first-order chi connectivity index (χ1) is 21.9. The Bertz CT molecular complexity index is 1790. The third kappa shape index (κ3) is 6.62. The molecule has 6 rings (SSSR count). The molecule has 2 aliphatic rings. The molecule has 6 bridgehead atoms. The highest BCUT2D eigenvalue weighted by molar-refractivity contribution is 5.95. The first-order valence-electron chi connectivity index (χ1n) is 14.3. The van der Waals surface area contributed by atoms with E-state index in [1.807, 2.05) is 11.0 Å². The number of rotatable bonds is 2. The van der Waals surface area contributed by atoms with E-state index in [1.54, 1.807) is 48.8 Å². The molecule has 12 heteroatoms. The SMILES string of the molecule is COc1nccc(N2CC[C@@H]3Oc4cc(F)cc(c4)CNC(=O)COc4cccc(c4)-c4cncc(c4)C(=O)N[C@@H]3C2)c1C#N. The van der Waals surface area contributed by atoms with Crippen LogP contribution in [0, 0.1) is 17.1 Å². The van der Waals surface area contributed by atoms with Crippen molar-refractivity contribution in [1.82, 2.24) is 20.6 Å². The number of piperidine rings is 1. The lowest BCUT2D eigenvalue weighted by atomic mass is 9.99. The summed E-state index contributed by atoms with van der Waals surface area (Å²) in [6.07, 6.45) is 4.56. The molecule has 4 heterocycles. The quantitative estimate of drug-likeness (QED) is 0.349. The Balaban J connectivity index is 1.37. The molecule has 0 aliphatic carbocycles. The van der Waals surface area contributed by atoms with Gasteiger partial charge in [-0.25, -0.2) is 9.37 Å². The third-order valence-corrected chi connectivity index (χ3v) is 7.65. The van der Waals surface area contributed by atoms with Gasteiger partial charge < -0.3 is 29.7 Å². The molecule has 1 fully saturated rings. The Morgan fingerprint density at radius 1 is 1.07 bits per heavy atom. The van der Waals surface area contributed by atoms with Crippen molar-refractivity contribution in [3.05, 3.63) is 95.7 Å². The maximum absolute atomic E-state index is 14.7. The Morgan fingerprint density at radius 3 is 2.78 bits per heavy atom. The van der Waals surface area contributed by atoms with Crippen molar-refractivity contribution in [2.75, 3.05) is 31.7 Å². The average Bonchev–Trinajstić information content (AvgIpc) is 3.06. The predicted octanol–water partition coefficient (Wildman–Crippen LogP) is 3.63. The van der Waals surface area contributed by atoms with Crippen molar-refractivity contribution in [3.63, 3.8) is 0 Å². The van der Waals surface area contributed by atoms with Gasteiger partial charge >= 0.3 is 0 Å². The van der Waals surface area contributed by atoms with Gasteiger partial charge in [-0.2, -0.15) is 5.26 Å². The zero-order valence-electron chi connectivity index (χ0n) is 24.3. The Morgan fingerprint density at radius 2 is 1.93 bits per heavy atom. The number of carbonyl (C=O) groups is 2. The van der Waals surface area contributed by atoms with Crippen LogP contribution >= 0.6 is 0 Å². The summed E-state index contributed by atoms with van der Waals surface area (Å²) in [7, 11) is 1.45. The average molecular weight is 609 g/mol. The van der Waals surface area contributed by atoms with Crippen LogP contribution in [0.5, 0.6) is 17.4 Å². The molecule has 2 atom stereocenters. The van der Waals surface area contributed by atoms with Gasteiger partial charge in [0.05, 0.1) is 24.4 Å². The van der Waals surface area contributed by atoms with Gasteiger partial charge in [0.1, 0.15) is 35.1 Å². The first kappa shape index (κ1) is 29.4. The molecule has 45 heavy (non-hydrogen) atoms. The summed E-state index contributed by atoms with van der Waals surface area (Å²) in [5, 5.41) is 15.7. The van der Waals surface area contributed by atoms with Crippen molar-refractivity contribution in [3.8, 4) is 34.6 Å². The number of carbonyl (C=O) groups excluding carboxylic acids is 2. The number of hydrogen-bond donors (Lipinski definition) is 2. The summed E-state index contributed by atoms with van der Waals surface area (Å²) in [6.45, 7) is 0.584. The fraction of sp³-hybridized carbons (Fsp3) is 0.242. The number of nitrogens with zero attached hydrogens (tertiary/aromatic N) is 4. The second kappa shape index (κ2) is 12.9. The lowest BCUT2D eigenvalue weighted by Crippen LogP contribution is -2.57. The number of amides is 2. The molecular formula is C33H29FN6O5. The molecule has 11 nitrogen and oxygen atoms in total. The monoisotopic (exact) mass is 608 g/mol. The number of ether oxygens (including phenoxy) is 3. The number of fused-ring (bicyclic) bond motifs is 8. The van der Waals surface area contributed by atoms with Gasteiger partial charge in [-0.15, -0.1) is 0 Å². The van der Waals surface area contributed by atoms with Gasteiger partial charge in [-0.1, -0.05) is 12.1 Å². The van der Waals surface area contributed by atoms with E-state index in [-0.39, 0.29) is 48.7 Å². The van der Waals surface area contributed by atoms with Crippen molar-refractivity contribution < 1.29 is 28.2 Å². The van der Waals surface area contributed by atoms with E-state index < -0.39 is 18.0 Å². The van der Waals surface area contributed by atoms with Gasteiger partial charge in [0.2, 0.25) is 5.88 Å².